The van der Waals surface area contributed by atoms with Crippen molar-refractivity contribution in [3.8, 4) is 11.5 Å². The summed E-state index contributed by atoms with van der Waals surface area (Å²) in [6.45, 7) is 4.45. The zero-order chi connectivity index (χ0) is 12.3. The van der Waals surface area contributed by atoms with E-state index in [1.807, 2.05) is 12.1 Å². The Bertz CT molecular complexity index is 378. The van der Waals surface area contributed by atoms with Gasteiger partial charge < -0.3 is 9.47 Å². The fraction of sp³-hybridized carbons (Fsp3) is 0.571. The van der Waals surface area contributed by atoms with Gasteiger partial charge in [-0.05, 0) is 32.4 Å². The highest BCUT2D eigenvalue weighted by Gasteiger charge is 2.21. The first-order valence-electron chi connectivity index (χ1n) is 6.19. The molecule has 1 heterocycles. The summed E-state index contributed by atoms with van der Waals surface area (Å²) in [5.74, 6) is 1.77. The molecule has 0 spiro atoms. The molecule has 1 atom stereocenters. The van der Waals surface area contributed by atoms with E-state index in [0.29, 0.717) is 6.04 Å². The summed E-state index contributed by atoms with van der Waals surface area (Å²) in [6, 6.07) is 6.74. The molecule has 94 valence electrons. The maximum absolute atomic E-state index is 5.43. The number of hydrogen-bond acceptors (Lipinski definition) is 3. The van der Waals surface area contributed by atoms with Crippen LogP contribution in [0, 0.1) is 0 Å². The first-order valence-corrected chi connectivity index (χ1v) is 6.19. The second-order valence-electron chi connectivity index (χ2n) is 4.64. The van der Waals surface area contributed by atoms with Gasteiger partial charge in [0.05, 0.1) is 14.2 Å². The molecule has 1 aromatic rings. The summed E-state index contributed by atoms with van der Waals surface area (Å²) < 4.78 is 10.6. The maximum atomic E-state index is 5.43. The van der Waals surface area contributed by atoms with E-state index >= 15 is 0 Å². The van der Waals surface area contributed by atoms with E-state index in [4.69, 9.17) is 9.47 Å². The molecule has 0 saturated carbocycles. The zero-order valence-corrected chi connectivity index (χ0v) is 10.9. The molecule has 1 unspecified atom stereocenters. The molecule has 0 amide bonds. The highest BCUT2D eigenvalue weighted by molar-refractivity contribution is 5.40. The minimum absolute atomic E-state index is 0.682. The maximum Gasteiger partial charge on any atom is 0.127 e. The molecule has 0 radical (unpaired) electrons. The van der Waals surface area contributed by atoms with Crippen LogP contribution in [0.1, 0.15) is 25.3 Å². The van der Waals surface area contributed by atoms with Gasteiger partial charge in [-0.15, -0.1) is 0 Å². The Morgan fingerprint density at radius 3 is 2.71 bits per heavy atom. The molecule has 2 rings (SSSR count). The summed E-state index contributed by atoms with van der Waals surface area (Å²) >= 11 is 0. The van der Waals surface area contributed by atoms with E-state index < -0.39 is 0 Å². The van der Waals surface area contributed by atoms with Crippen LogP contribution in [0.25, 0.3) is 0 Å². The SMILES string of the molecule is COc1ccc(CN2CCCC2C)c(OC)c1. The van der Waals surface area contributed by atoms with Crippen LogP contribution in [0.4, 0.5) is 0 Å². The Hall–Kier alpha value is -1.22. The number of rotatable bonds is 4. The monoisotopic (exact) mass is 235 g/mol. The van der Waals surface area contributed by atoms with E-state index in [2.05, 4.69) is 17.9 Å². The van der Waals surface area contributed by atoms with Gasteiger partial charge in [-0.25, -0.2) is 0 Å². The minimum Gasteiger partial charge on any atom is -0.497 e. The Morgan fingerprint density at radius 1 is 1.29 bits per heavy atom. The average Bonchev–Trinajstić information content (AvgIpc) is 2.75. The Labute approximate surface area is 103 Å². The third-order valence-electron chi connectivity index (χ3n) is 3.56. The van der Waals surface area contributed by atoms with Crippen LogP contribution in [0.2, 0.25) is 0 Å². The molecule has 3 heteroatoms. The zero-order valence-electron chi connectivity index (χ0n) is 10.9. The van der Waals surface area contributed by atoms with E-state index in [-0.39, 0.29) is 0 Å². The normalized spacial score (nSPS) is 20.5. The first kappa shape index (κ1) is 12.2. The van der Waals surface area contributed by atoms with Gasteiger partial charge in [-0.1, -0.05) is 6.07 Å². The van der Waals surface area contributed by atoms with E-state index in [1.165, 1.54) is 24.9 Å². The Kier molecular flexibility index (Phi) is 3.89. The molecular formula is C14H21NO2. The summed E-state index contributed by atoms with van der Waals surface area (Å²) in [7, 11) is 3.39. The van der Waals surface area contributed by atoms with Crippen molar-refractivity contribution in [1.29, 1.82) is 0 Å². The van der Waals surface area contributed by atoms with Crippen LogP contribution in [-0.4, -0.2) is 31.7 Å². The molecule has 0 aromatic heterocycles. The largest absolute Gasteiger partial charge is 0.497 e. The lowest BCUT2D eigenvalue weighted by Gasteiger charge is -2.22. The van der Waals surface area contributed by atoms with Gasteiger partial charge in [0.2, 0.25) is 0 Å². The van der Waals surface area contributed by atoms with Crippen molar-refractivity contribution in [2.24, 2.45) is 0 Å². The number of likely N-dealkylation sites (tertiary alicyclic amines) is 1. The predicted octanol–water partition coefficient (Wildman–Crippen LogP) is 2.69. The number of nitrogens with zero attached hydrogens (tertiary/aromatic N) is 1. The second-order valence-corrected chi connectivity index (χ2v) is 4.64. The number of ether oxygens (including phenoxy) is 2. The third-order valence-corrected chi connectivity index (χ3v) is 3.56. The molecule has 0 N–H and O–H groups in total. The van der Waals surface area contributed by atoms with Crippen LogP contribution in [0.5, 0.6) is 11.5 Å². The van der Waals surface area contributed by atoms with Gasteiger partial charge in [0.25, 0.3) is 0 Å². The quantitative estimate of drug-likeness (QED) is 0.801. The van der Waals surface area contributed by atoms with Crippen LogP contribution in [0.3, 0.4) is 0 Å². The van der Waals surface area contributed by atoms with Gasteiger partial charge >= 0.3 is 0 Å². The fourth-order valence-corrected chi connectivity index (χ4v) is 2.43. The molecule has 1 aliphatic rings. The standard InChI is InChI=1S/C14H21NO2/c1-11-5-4-8-15(11)10-12-6-7-13(16-2)9-14(12)17-3/h6-7,9,11H,4-5,8,10H2,1-3H3. The van der Waals surface area contributed by atoms with E-state index in [9.17, 15) is 0 Å². The predicted molar refractivity (Wildman–Crippen MR) is 68.7 cm³/mol. The van der Waals surface area contributed by atoms with Crippen molar-refractivity contribution in [2.45, 2.75) is 32.4 Å². The molecule has 1 aliphatic heterocycles. The van der Waals surface area contributed by atoms with Crippen LogP contribution in [0.15, 0.2) is 18.2 Å². The minimum atomic E-state index is 0.682. The van der Waals surface area contributed by atoms with Crippen LogP contribution < -0.4 is 9.47 Å². The molecule has 1 fully saturated rings. The molecule has 0 bridgehead atoms. The Morgan fingerprint density at radius 2 is 2.12 bits per heavy atom. The molecule has 17 heavy (non-hydrogen) atoms. The molecule has 0 aliphatic carbocycles. The van der Waals surface area contributed by atoms with Crippen LogP contribution >= 0.6 is 0 Å². The Balaban J connectivity index is 2.14. The van der Waals surface area contributed by atoms with Crippen molar-refractivity contribution in [3.05, 3.63) is 23.8 Å². The van der Waals surface area contributed by atoms with Crippen molar-refractivity contribution in [2.75, 3.05) is 20.8 Å². The van der Waals surface area contributed by atoms with E-state index in [1.54, 1.807) is 14.2 Å². The average molecular weight is 235 g/mol. The number of benzene rings is 1. The highest BCUT2D eigenvalue weighted by atomic mass is 16.5. The van der Waals surface area contributed by atoms with Crippen LogP contribution in [-0.2, 0) is 6.54 Å². The molecule has 1 saturated heterocycles. The molecular weight excluding hydrogens is 214 g/mol. The molecule has 1 aromatic carbocycles. The van der Waals surface area contributed by atoms with Gasteiger partial charge in [0.1, 0.15) is 11.5 Å². The highest BCUT2D eigenvalue weighted by Crippen LogP contribution is 2.28. The summed E-state index contributed by atoms with van der Waals surface area (Å²) in [5, 5.41) is 0. The third kappa shape index (κ3) is 2.72. The smallest absolute Gasteiger partial charge is 0.127 e. The topological polar surface area (TPSA) is 21.7 Å². The lowest BCUT2D eigenvalue weighted by atomic mass is 10.1. The fourth-order valence-electron chi connectivity index (χ4n) is 2.43. The summed E-state index contributed by atoms with van der Waals surface area (Å²) in [6.07, 6.45) is 2.61. The second kappa shape index (κ2) is 5.41. The van der Waals surface area contributed by atoms with Crippen molar-refractivity contribution < 1.29 is 9.47 Å². The van der Waals surface area contributed by atoms with Gasteiger partial charge in [0.15, 0.2) is 0 Å². The van der Waals surface area contributed by atoms with E-state index in [0.717, 1.165) is 18.0 Å². The number of methoxy groups -OCH3 is 2. The lowest BCUT2D eigenvalue weighted by molar-refractivity contribution is 0.255. The van der Waals surface area contributed by atoms with Gasteiger partial charge in [-0.2, -0.15) is 0 Å². The first-order chi connectivity index (χ1) is 8.24. The lowest BCUT2D eigenvalue weighted by Crippen LogP contribution is -2.26. The van der Waals surface area contributed by atoms with Gasteiger partial charge in [-0.3, -0.25) is 4.90 Å². The van der Waals surface area contributed by atoms with Crippen molar-refractivity contribution in [1.82, 2.24) is 4.90 Å². The van der Waals surface area contributed by atoms with Crippen molar-refractivity contribution >= 4 is 0 Å². The van der Waals surface area contributed by atoms with Gasteiger partial charge in [0, 0.05) is 24.2 Å². The summed E-state index contributed by atoms with van der Waals surface area (Å²) in [4.78, 5) is 2.50. The van der Waals surface area contributed by atoms with Crippen molar-refractivity contribution in [3.63, 3.8) is 0 Å². The number of hydrogen-bond donors (Lipinski definition) is 0. The summed E-state index contributed by atoms with van der Waals surface area (Å²) in [5.41, 5.74) is 1.24. The molecule has 3 nitrogen and oxygen atoms in total.